The first-order valence-corrected chi connectivity index (χ1v) is 7.92. The summed E-state index contributed by atoms with van der Waals surface area (Å²) in [5, 5.41) is 5.90. The number of carbonyl (C=O) groups excluding carboxylic acids is 1. The van der Waals surface area contributed by atoms with Crippen LogP contribution >= 0.6 is 15.9 Å². The summed E-state index contributed by atoms with van der Waals surface area (Å²) in [5.41, 5.74) is 1.81. The molecule has 1 aliphatic carbocycles. The fraction of sp³-hybridized carbons (Fsp3) is 0.533. The Morgan fingerprint density at radius 2 is 2.25 bits per heavy atom. The van der Waals surface area contributed by atoms with Crippen LogP contribution in [0.15, 0.2) is 16.6 Å². The molecular formula is C15H19BrN2O2. The molecule has 2 aliphatic rings. The molecule has 20 heavy (non-hydrogen) atoms. The minimum Gasteiger partial charge on any atom is -0.492 e. The SMILES string of the molecule is CNC1C(=O)Nc2cc(OCCC3CCC3)c(Br)cc21. The Bertz CT molecular complexity index is 529. The zero-order valence-electron chi connectivity index (χ0n) is 11.5. The first kappa shape index (κ1) is 13.9. The van der Waals surface area contributed by atoms with Crippen LogP contribution in [0.25, 0.3) is 0 Å². The molecule has 108 valence electrons. The summed E-state index contributed by atoms with van der Waals surface area (Å²) >= 11 is 3.53. The molecule has 0 saturated heterocycles. The van der Waals surface area contributed by atoms with Crippen molar-refractivity contribution >= 4 is 27.5 Å². The second kappa shape index (κ2) is 5.74. The van der Waals surface area contributed by atoms with Gasteiger partial charge in [-0.1, -0.05) is 19.3 Å². The van der Waals surface area contributed by atoms with Crippen molar-refractivity contribution in [3.63, 3.8) is 0 Å². The van der Waals surface area contributed by atoms with E-state index in [1.54, 1.807) is 7.05 Å². The van der Waals surface area contributed by atoms with E-state index in [0.717, 1.165) is 40.4 Å². The Morgan fingerprint density at radius 1 is 1.45 bits per heavy atom. The zero-order valence-corrected chi connectivity index (χ0v) is 13.1. The highest BCUT2D eigenvalue weighted by Crippen LogP contribution is 2.39. The molecule has 0 bridgehead atoms. The molecule has 1 atom stereocenters. The van der Waals surface area contributed by atoms with Gasteiger partial charge in [-0.3, -0.25) is 4.79 Å². The van der Waals surface area contributed by atoms with Gasteiger partial charge in [0.05, 0.1) is 11.1 Å². The third-order valence-corrected chi connectivity index (χ3v) is 4.85. The number of fused-ring (bicyclic) bond motifs is 1. The van der Waals surface area contributed by atoms with Crippen LogP contribution < -0.4 is 15.4 Å². The molecule has 1 aromatic rings. The lowest BCUT2D eigenvalue weighted by Crippen LogP contribution is -2.23. The molecule has 1 unspecified atom stereocenters. The van der Waals surface area contributed by atoms with Crippen LogP contribution in [0.4, 0.5) is 5.69 Å². The monoisotopic (exact) mass is 338 g/mol. The summed E-state index contributed by atoms with van der Waals surface area (Å²) in [5.74, 6) is 1.64. The molecule has 2 N–H and O–H groups in total. The van der Waals surface area contributed by atoms with Gasteiger partial charge in [-0.05, 0) is 41.4 Å². The van der Waals surface area contributed by atoms with E-state index in [0.29, 0.717) is 0 Å². The Hall–Kier alpha value is -1.07. The molecule has 1 saturated carbocycles. The first-order chi connectivity index (χ1) is 9.69. The van der Waals surface area contributed by atoms with E-state index in [2.05, 4.69) is 26.6 Å². The molecule has 3 rings (SSSR count). The maximum Gasteiger partial charge on any atom is 0.246 e. The van der Waals surface area contributed by atoms with Gasteiger partial charge >= 0.3 is 0 Å². The minimum atomic E-state index is -0.273. The second-order valence-corrected chi connectivity index (χ2v) is 6.37. The number of likely N-dealkylation sites (N-methyl/N-ethyl adjacent to an activating group) is 1. The van der Waals surface area contributed by atoms with E-state index in [1.807, 2.05) is 12.1 Å². The lowest BCUT2D eigenvalue weighted by molar-refractivity contribution is -0.117. The van der Waals surface area contributed by atoms with E-state index in [9.17, 15) is 4.79 Å². The number of carbonyl (C=O) groups is 1. The second-order valence-electron chi connectivity index (χ2n) is 5.51. The Morgan fingerprint density at radius 3 is 2.90 bits per heavy atom. The van der Waals surface area contributed by atoms with Crippen LogP contribution in [0.2, 0.25) is 0 Å². The summed E-state index contributed by atoms with van der Waals surface area (Å²) in [4.78, 5) is 11.8. The molecule has 1 heterocycles. The van der Waals surface area contributed by atoms with Crippen LogP contribution in [-0.4, -0.2) is 19.6 Å². The van der Waals surface area contributed by atoms with Crippen LogP contribution in [0.5, 0.6) is 5.75 Å². The average molecular weight is 339 g/mol. The van der Waals surface area contributed by atoms with Crippen molar-refractivity contribution in [2.24, 2.45) is 5.92 Å². The largest absolute Gasteiger partial charge is 0.492 e. The van der Waals surface area contributed by atoms with Gasteiger partial charge in [0.15, 0.2) is 0 Å². The molecule has 0 radical (unpaired) electrons. The Balaban J connectivity index is 1.70. The number of ether oxygens (including phenoxy) is 1. The fourth-order valence-electron chi connectivity index (χ4n) is 2.78. The number of hydrogen-bond donors (Lipinski definition) is 2. The number of hydrogen-bond acceptors (Lipinski definition) is 3. The van der Waals surface area contributed by atoms with Gasteiger partial charge in [0.2, 0.25) is 5.91 Å². The molecular weight excluding hydrogens is 320 g/mol. The van der Waals surface area contributed by atoms with Crippen LogP contribution in [0.1, 0.15) is 37.3 Å². The number of rotatable bonds is 5. The van der Waals surface area contributed by atoms with E-state index in [4.69, 9.17) is 4.74 Å². The summed E-state index contributed by atoms with van der Waals surface area (Å²) in [6, 6.07) is 3.60. The third kappa shape index (κ3) is 2.56. The van der Waals surface area contributed by atoms with Gasteiger partial charge < -0.3 is 15.4 Å². The molecule has 5 heteroatoms. The fourth-order valence-corrected chi connectivity index (χ4v) is 3.25. The maximum absolute atomic E-state index is 11.8. The van der Waals surface area contributed by atoms with Gasteiger partial charge in [0.25, 0.3) is 0 Å². The van der Waals surface area contributed by atoms with Gasteiger partial charge in [-0.2, -0.15) is 0 Å². The lowest BCUT2D eigenvalue weighted by Gasteiger charge is -2.25. The minimum absolute atomic E-state index is 0.0129. The van der Waals surface area contributed by atoms with Gasteiger partial charge in [-0.25, -0.2) is 0 Å². The smallest absolute Gasteiger partial charge is 0.246 e. The number of halogens is 1. The average Bonchev–Trinajstić information content (AvgIpc) is 2.67. The molecule has 1 fully saturated rings. The molecule has 1 aromatic carbocycles. The predicted molar refractivity (Wildman–Crippen MR) is 82.0 cm³/mol. The van der Waals surface area contributed by atoms with Crippen molar-refractivity contribution < 1.29 is 9.53 Å². The zero-order chi connectivity index (χ0) is 14.1. The topological polar surface area (TPSA) is 50.4 Å². The van der Waals surface area contributed by atoms with Crippen molar-refractivity contribution in [1.29, 1.82) is 0 Å². The van der Waals surface area contributed by atoms with Crippen molar-refractivity contribution in [3.8, 4) is 5.75 Å². The summed E-state index contributed by atoms with van der Waals surface area (Å²) in [7, 11) is 1.79. The van der Waals surface area contributed by atoms with Gasteiger partial charge in [0.1, 0.15) is 11.8 Å². The van der Waals surface area contributed by atoms with Crippen LogP contribution in [-0.2, 0) is 4.79 Å². The number of benzene rings is 1. The Kier molecular flexibility index (Phi) is 3.98. The van der Waals surface area contributed by atoms with Crippen molar-refractivity contribution in [1.82, 2.24) is 5.32 Å². The normalized spacial score (nSPS) is 21.3. The summed E-state index contributed by atoms with van der Waals surface area (Å²) in [6.07, 6.45) is 5.17. The number of anilines is 1. The van der Waals surface area contributed by atoms with Crippen molar-refractivity contribution in [2.75, 3.05) is 19.0 Å². The van der Waals surface area contributed by atoms with E-state index < -0.39 is 0 Å². The molecule has 0 aromatic heterocycles. The Labute approximate surface area is 127 Å². The van der Waals surface area contributed by atoms with Crippen molar-refractivity contribution in [3.05, 3.63) is 22.2 Å². The van der Waals surface area contributed by atoms with Crippen LogP contribution in [0.3, 0.4) is 0 Å². The van der Waals surface area contributed by atoms with E-state index in [1.165, 1.54) is 19.3 Å². The predicted octanol–water partition coefficient (Wildman–Crippen LogP) is 3.23. The number of nitrogens with one attached hydrogen (secondary N) is 2. The summed E-state index contributed by atoms with van der Waals surface area (Å²) in [6.45, 7) is 0.742. The summed E-state index contributed by atoms with van der Waals surface area (Å²) < 4.78 is 6.76. The van der Waals surface area contributed by atoms with Gasteiger partial charge in [-0.15, -0.1) is 0 Å². The van der Waals surface area contributed by atoms with Crippen molar-refractivity contribution in [2.45, 2.75) is 31.7 Å². The highest BCUT2D eigenvalue weighted by molar-refractivity contribution is 9.10. The standard InChI is InChI=1S/C15H19BrN2O2/c1-17-14-10-7-11(16)13(8-12(10)18-15(14)19)20-6-5-9-3-2-4-9/h7-9,14,17H,2-6H2,1H3,(H,18,19). The highest BCUT2D eigenvalue weighted by atomic mass is 79.9. The lowest BCUT2D eigenvalue weighted by atomic mass is 9.83. The molecule has 1 aliphatic heterocycles. The molecule has 0 spiro atoms. The molecule has 4 nitrogen and oxygen atoms in total. The number of amides is 1. The molecule has 1 amide bonds. The van der Waals surface area contributed by atoms with Gasteiger partial charge in [0, 0.05) is 17.3 Å². The first-order valence-electron chi connectivity index (χ1n) is 7.13. The third-order valence-electron chi connectivity index (χ3n) is 4.23. The quantitative estimate of drug-likeness (QED) is 0.866. The highest BCUT2D eigenvalue weighted by Gasteiger charge is 2.30. The van der Waals surface area contributed by atoms with Crippen LogP contribution in [0, 0.1) is 5.92 Å². The maximum atomic E-state index is 11.8. The van der Waals surface area contributed by atoms with E-state index in [-0.39, 0.29) is 11.9 Å². The van der Waals surface area contributed by atoms with E-state index >= 15 is 0 Å².